The molecule has 0 aromatic carbocycles. The van der Waals surface area contributed by atoms with E-state index in [1.165, 1.54) is 5.38 Å². The molecule has 0 saturated carbocycles. The minimum absolute atomic E-state index is 0.103. The van der Waals surface area contributed by atoms with Crippen LogP contribution in [0.4, 0.5) is 5.13 Å². The third-order valence-electron chi connectivity index (χ3n) is 1.08. The number of nitrogens with zero attached hydrogens (tertiary/aromatic N) is 2. The number of rotatable bonds is 2. The van der Waals surface area contributed by atoms with Gasteiger partial charge < -0.3 is 11.5 Å². The molecule has 0 spiro atoms. The number of nitrogen functional groups attached to an aromatic ring is 1. The van der Waals surface area contributed by atoms with Gasteiger partial charge in [0.1, 0.15) is 5.69 Å². The molecule has 13 heavy (non-hydrogen) atoms. The van der Waals surface area contributed by atoms with E-state index in [0.717, 1.165) is 11.3 Å². The van der Waals surface area contributed by atoms with Crippen molar-refractivity contribution in [3.05, 3.63) is 11.1 Å². The fourth-order valence-corrected chi connectivity index (χ4v) is 1.29. The number of thiazole rings is 1. The number of carbonyl (C=O) groups is 1. The van der Waals surface area contributed by atoms with E-state index in [2.05, 4.69) is 9.98 Å². The van der Waals surface area contributed by atoms with E-state index in [4.69, 9.17) is 17.3 Å². The number of amides is 1. The van der Waals surface area contributed by atoms with Crippen molar-refractivity contribution in [3.63, 3.8) is 0 Å². The van der Waals surface area contributed by atoms with Crippen LogP contribution in [0.15, 0.2) is 10.4 Å². The predicted molar refractivity (Wildman–Crippen MR) is 49.2 cm³/mol. The van der Waals surface area contributed by atoms with Crippen LogP contribution >= 0.6 is 11.3 Å². The first-order valence-electron chi connectivity index (χ1n) is 3.19. The molecule has 0 atom stereocenters. The third-order valence-corrected chi connectivity index (χ3v) is 1.82. The van der Waals surface area contributed by atoms with E-state index in [-0.39, 0.29) is 11.7 Å². The maximum Gasteiger partial charge on any atom is 0.284 e. The number of aromatic nitrogens is 1. The summed E-state index contributed by atoms with van der Waals surface area (Å²) in [7, 11) is 0. The summed E-state index contributed by atoms with van der Waals surface area (Å²) in [5, 5.41) is 1.82. The van der Waals surface area contributed by atoms with Gasteiger partial charge in [-0.05, 0) is 0 Å². The van der Waals surface area contributed by atoms with Gasteiger partial charge in [0.25, 0.3) is 5.91 Å². The zero-order valence-corrected chi connectivity index (χ0v) is 7.34. The third kappa shape index (κ3) is 2.39. The maximum atomic E-state index is 10.9. The quantitative estimate of drug-likeness (QED) is 0.154. The van der Waals surface area contributed by atoms with Crippen LogP contribution in [0.1, 0.15) is 10.5 Å². The Kier molecular flexibility index (Phi) is 2.77. The van der Waals surface area contributed by atoms with Gasteiger partial charge in [-0.25, -0.2) is 10.8 Å². The van der Waals surface area contributed by atoms with Crippen LogP contribution in [0.3, 0.4) is 0 Å². The normalized spacial score (nSPS) is 9.31. The lowest BCUT2D eigenvalue weighted by Gasteiger charge is -1.90. The zero-order chi connectivity index (χ0) is 9.84. The van der Waals surface area contributed by atoms with Crippen LogP contribution in [0.5, 0.6) is 0 Å². The average Bonchev–Trinajstić information content (AvgIpc) is 2.50. The molecular formula is C5H8N6OS. The van der Waals surface area contributed by atoms with Crippen molar-refractivity contribution in [3.8, 4) is 0 Å². The van der Waals surface area contributed by atoms with Crippen molar-refractivity contribution >= 4 is 28.3 Å². The Morgan fingerprint density at radius 1 is 1.62 bits per heavy atom. The number of carbonyl (C=O) groups excluding carboxylic acids is 1. The fraction of sp³-hybridized carbons (Fsp3) is 0. The molecule has 1 aromatic rings. The maximum absolute atomic E-state index is 10.9. The van der Waals surface area contributed by atoms with E-state index < -0.39 is 5.91 Å². The highest BCUT2D eigenvalue weighted by Crippen LogP contribution is 2.17. The second kappa shape index (κ2) is 3.83. The molecule has 1 rings (SSSR count). The van der Waals surface area contributed by atoms with E-state index in [0.29, 0.717) is 5.13 Å². The number of hydrogen-bond donors (Lipinski definition) is 4. The highest BCUT2D eigenvalue weighted by molar-refractivity contribution is 7.13. The second-order valence-electron chi connectivity index (χ2n) is 2.03. The SMILES string of the molecule is NNC(=O)c1csc(N=C(N)N)n1. The van der Waals surface area contributed by atoms with Gasteiger partial charge in [0.15, 0.2) is 5.96 Å². The summed E-state index contributed by atoms with van der Waals surface area (Å²) in [6.07, 6.45) is 0. The van der Waals surface area contributed by atoms with Gasteiger partial charge in [-0.3, -0.25) is 10.2 Å². The van der Waals surface area contributed by atoms with Crippen LogP contribution in [-0.2, 0) is 0 Å². The lowest BCUT2D eigenvalue weighted by molar-refractivity contribution is 0.0949. The molecule has 7 N–H and O–H groups in total. The van der Waals surface area contributed by atoms with Crippen molar-refractivity contribution in [2.45, 2.75) is 0 Å². The number of guanidine groups is 1. The van der Waals surface area contributed by atoms with Crippen molar-refractivity contribution in [2.75, 3.05) is 0 Å². The largest absolute Gasteiger partial charge is 0.370 e. The monoisotopic (exact) mass is 200 g/mol. The molecule has 0 aliphatic rings. The zero-order valence-electron chi connectivity index (χ0n) is 6.52. The Morgan fingerprint density at radius 2 is 2.31 bits per heavy atom. The second-order valence-corrected chi connectivity index (χ2v) is 2.86. The summed E-state index contributed by atoms with van der Waals surface area (Å²) in [6, 6.07) is 0. The first-order valence-corrected chi connectivity index (χ1v) is 4.07. The smallest absolute Gasteiger partial charge is 0.284 e. The van der Waals surface area contributed by atoms with Gasteiger partial charge in [-0.2, -0.15) is 4.99 Å². The topological polar surface area (TPSA) is 132 Å². The van der Waals surface area contributed by atoms with Gasteiger partial charge in [-0.1, -0.05) is 0 Å². The standard InChI is InChI=1S/C5H8N6OS/c6-4(7)10-5-9-2(1-13-5)3(12)11-8/h1H,8H2,(H,11,12)(H4,6,7,9,10). The lowest BCUT2D eigenvalue weighted by atomic mass is 10.5. The van der Waals surface area contributed by atoms with E-state index in [9.17, 15) is 4.79 Å². The van der Waals surface area contributed by atoms with Crippen LogP contribution in [0.2, 0.25) is 0 Å². The molecule has 70 valence electrons. The molecule has 1 aromatic heterocycles. The molecule has 0 aliphatic carbocycles. The van der Waals surface area contributed by atoms with E-state index in [1.54, 1.807) is 0 Å². The van der Waals surface area contributed by atoms with Crippen LogP contribution in [0, 0.1) is 0 Å². The van der Waals surface area contributed by atoms with Crippen molar-refractivity contribution < 1.29 is 4.79 Å². The number of nitrogens with two attached hydrogens (primary N) is 3. The molecule has 8 heteroatoms. The molecule has 0 fully saturated rings. The van der Waals surface area contributed by atoms with Crippen LogP contribution in [0.25, 0.3) is 0 Å². The molecule has 0 aliphatic heterocycles. The van der Waals surface area contributed by atoms with Gasteiger partial charge in [-0.15, -0.1) is 11.3 Å². The first-order chi connectivity index (χ1) is 6.13. The molecule has 0 bridgehead atoms. The van der Waals surface area contributed by atoms with Gasteiger partial charge in [0, 0.05) is 5.38 Å². The Hall–Kier alpha value is -1.67. The highest BCUT2D eigenvalue weighted by atomic mass is 32.1. The molecule has 7 nitrogen and oxygen atoms in total. The van der Waals surface area contributed by atoms with Crippen molar-refractivity contribution in [1.29, 1.82) is 0 Å². The minimum atomic E-state index is -0.478. The van der Waals surface area contributed by atoms with Crippen LogP contribution < -0.4 is 22.7 Å². The average molecular weight is 200 g/mol. The highest BCUT2D eigenvalue weighted by Gasteiger charge is 2.07. The van der Waals surface area contributed by atoms with Gasteiger partial charge in [0.05, 0.1) is 0 Å². The van der Waals surface area contributed by atoms with Gasteiger partial charge >= 0.3 is 0 Å². The summed E-state index contributed by atoms with van der Waals surface area (Å²) in [6.45, 7) is 0. The number of hydrazine groups is 1. The minimum Gasteiger partial charge on any atom is -0.370 e. The molecule has 1 amide bonds. The number of hydrogen-bond acceptors (Lipinski definition) is 5. The van der Waals surface area contributed by atoms with E-state index >= 15 is 0 Å². The van der Waals surface area contributed by atoms with Crippen molar-refractivity contribution in [2.24, 2.45) is 22.3 Å². The summed E-state index contributed by atoms with van der Waals surface area (Å²) in [5.41, 5.74) is 12.4. The molecule has 0 radical (unpaired) electrons. The first kappa shape index (κ1) is 9.42. The van der Waals surface area contributed by atoms with Crippen molar-refractivity contribution in [1.82, 2.24) is 10.4 Å². The summed E-state index contributed by atoms with van der Waals surface area (Å²) < 4.78 is 0. The Bertz CT molecular complexity index is 341. The predicted octanol–water partition coefficient (Wildman–Crippen LogP) is -1.35. The number of aliphatic imine (C=N–C) groups is 1. The molecule has 1 heterocycles. The Balaban J connectivity index is 2.87. The van der Waals surface area contributed by atoms with Crippen LogP contribution in [-0.4, -0.2) is 16.9 Å². The lowest BCUT2D eigenvalue weighted by Crippen LogP contribution is -2.30. The number of nitrogens with one attached hydrogen (secondary N) is 1. The summed E-state index contributed by atoms with van der Waals surface area (Å²) >= 11 is 1.15. The summed E-state index contributed by atoms with van der Waals surface area (Å²) in [4.78, 5) is 18.4. The summed E-state index contributed by atoms with van der Waals surface area (Å²) in [5.74, 6) is 4.31. The molecule has 0 unspecified atom stereocenters. The fourth-order valence-electron chi connectivity index (χ4n) is 0.604. The Morgan fingerprint density at radius 3 is 2.85 bits per heavy atom. The molecular weight excluding hydrogens is 192 g/mol. The molecule has 0 saturated heterocycles. The van der Waals surface area contributed by atoms with Gasteiger partial charge in [0.2, 0.25) is 5.13 Å². The van der Waals surface area contributed by atoms with E-state index in [1.807, 2.05) is 5.43 Å². The Labute approximate surface area is 77.6 Å².